The summed E-state index contributed by atoms with van der Waals surface area (Å²) in [6.45, 7) is 0. The monoisotopic (exact) mass is 307 g/mol. The number of nitrogens with zero attached hydrogens (tertiary/aromatic N) is 1. The minimum absolute atomic E-state index is 0.197. The summed E-state index contributed by atoms with van der Waals surface area (Å²) in [5.74, 6) is 0. The van der Waals surface area contributed by atoms with E-state index in [4.69, 9.17) is 11.6 Å². The molecule has 102 valence electrons. The molecule has 2 rings (SSSR count). The van der Waals surface area contributed by atoms with Gasteiger partial charge in [-0.2, -0.15) is 13.2 Å². The van der Waals surface area contributed by atoms with E-state index in [9.17, 15) is 18.3 Å². The predicted octanol–water partition coefficient (Wildman–Crippen LogP) is 4.09. The standard InChI is InChI=1S/C12H9ClF3NOS/c13-8-3-1-7(2-4-8)5-9(18)10-6-17-11(19-10)12(14,15)16/h1-4,6,9,18H,5H2. The molecule has 0 saturated heterocycles. The van der Waals surface area contributed by atoms with E-state index in [2.05, 4.69) is 4.98 Å². The SMILES string of the molecule is OC(Cc1ccc(Cl)cc1)c1cnc(C(F)(F)F)s1. The predicted molar refractivity (Wildman–Crippen MR) is 67.2 cm³/mol. The fourth-order valence-corrected chi connectivity index (χ4v) is 2.41. The lowest BCUT2D eigenvalue weighted by Crippen LogP contribution is -2.03. The third kappa shape index (κ3) is 3.68. The molecule has 0 aliphatic rings. The molecule has 0 radical (unpaired) electrons. The van der Waals surface area contributed by atoms with Crippen LogP contribution in [-0.4, -0.2) is 10.1 Å². The van der Waals surface area contributed by atoms with Crippen molar-refractivity contribution in [3.8, 4) is 0 Å². The highest BCUT2D eigenvalue weighted by Gasteiger charge is 2.35. The zero-order valence-corrected chi connectivity index (χ0v) is 11.1. The molecular formula is C12H9ClF3NOS. The van der Waals surface area contributed by atoms with E-state index in [0.29, 0.717) is 16.4 Å². The van der Waals surface area contributed by atoms with E-state index >= 15 is 0 Å². The van der Waals surface area contributed by atoms with E-state index in [1.807, 2.05) is 0 Å². The van der Waals surface area contributed by atoms with Crippen LogP contribution >= 0.6 is 22.9 Å². The van der Waals surface area contributed by atoms with Crippen LogP contribution in [0.15, 0.2) is 30.5 Å². The molecule has 0 fully saturated rings. The van der Waals surface area contributed by atoms with E-state index in [1.54, 1.807) is 24.3 Å². The van der Waals surface area contributed by atoms with Crippen LogP contribution in [-0.2, 0) is 12.6 Å². The summed E-state index contributed by atoms with van der Waals surface area (Å²) < 4.78 is 37.2. The van der Waals surface area contributed by atoms with Gasteiger partial charge >= 0.3 is 6.18 Å². The van der Waals surface area contributed by atoms with Gasteiger partial charge in [-0.1, -0.05) is 23.7 Å². The van der Waals surface area contributed by atoms with Gasteiger partial charge in [0.2, 0.25) is 0 Å². The Labute approximate surface area is 116 Å². The zero-order valence-electron chi connectivity index (χ0n) is 9.49. The van der Waals surface area contributed by atoms with Crippen LogP contribution in [0.1, 0.15) is 21.6 Å². The summed E-state index contributed by atoms with van der Waals surface area (Å²) in [5.41, 5.74) is 0.791. The number of halogens is 4. The second-order valence-electron chi connectivity index (χ2n) is 3.91. The molecule has 1 N–H and O–H groups in total. The van der Waals surface area contributed by atoms with Gasteiger partial charge in [-0.3, -0.25) is 0 Å². The van der Waals surface area contributed by atoms with E-state index < -0.39 is 17.3 Å². The van der Waals surface area contributed by atoms with Crippen LogP contribution in [0.25, 0.3) is 0 Å². The molecule has 0 aliphatic carbocycles. The van der Waals surface area contributed by atoms with Crippen molar-refractivity contribution in [3.63, 3.8) is 0 Å². The van der Waals surface area contributed by atoms with Crippen LogP contribution in [0.5, 0.6) is 0 Å². The average molecular weight is 308 g/mol. The highest BCUT2D eigenvalue weighted by atomic mass is 35.5. The molecule has 1 aromatic heterocycles. The first-order chi connectivity index (χ1) is 8.86. The van der Waals surface area contributed by atoms with Gasteiger partial charge in [-0.25, -0.2) is 4.98 Å². The molecular weight excluding hydrogens is 299 g/mol. The summed E-state index contributed by atoms with van der Waals surface area (Å²) in [5, 5.41) is 9.51. The molecule has 1 heterocycles. The molecule has 0 amide bonds. The van der Waals surface area contributed by atoms with Gasteiger partial charge in [0.15, 0.2) is 5.01 Å². The molecule has 7 heteroatoms. The molecule has 0 saturated carbocycles. The number of rotatable bonds is 3. The van der Waals surface area contributed by atoms with Crippen LogP contribution in [0, 0.1) is 0 Å². The van der Waals surface area contributed by atoms with Crippen molar-refractivity contribution in [2.45, 2.75) is 18.7 Å². The smallest absolute Gasteiger partial charge is 0.387 e. The number of hydrogen-bond donors (Lipinski definition) is 1. The number of aliphatic hydroxyl groups excluding tert-OH is 1. The molecule has 19 heavy (non-hydrogen) atoms. The fourth-order valence-electron chi connectivity index (χ4n) is 1.52. The number of benzene rings is 1. The Balaban J connectivity index is 2.09. The van der Waals surface area contributed by atoms with Crippen LogP contribution in [0.2, 0.25) is 5.02 Å². The van der Waals surface area contributed by atoms with Crippen molar-refractivity contribution in [1.82, 2.24) is 4.98 Å². The molecule has 2 aromatic rings. The van der Waals surface area contributed by atoms with E-state index in [1.165, 1.54) is 0 Å². The molecule has 0 spiro atoms. The Hall–Kier alpha value is -1.11. The van der Waals surface area contributed by atoms with E-state index in [0.717, 1.165) is 11.8 Å². The molecule has 1 atom stereocenters. The largest absolute Gasteiger partial charge is 0.443 e. The third-order valence-corrected chi connectivity index (χ3v) is 3.83. The highest BCUT2D eigenvalue weighted by Crippen LogP contribution is 2.35. The molecule has 1 unspecified atom stereocenters. The first kappa shape index (κ1) is 14.3. The number of aromatic nitrogens is 1. The van der Waals surface area contributed by atoms with Crippen molar-refractivity contribution in [2.24, 2.45) is 0 Å². The number of aliphatic hydroxyl groups is 1. The Morgan fingerprint density at radius 2 is 1.89 bits per heavy atom. The van der Waals surface area contributed by atoms with Gasteiger partial charge in [0.1, 0.15) is 0 Å². The van der Waals surface area contributed by atoms with Gasteiger partial charge in [0.25, 0.3) is 0 Å². The first-order valence-electron chi connectivity index (χ1n) is 5.31. The lowest BCUT2D eigenvalue weighted by Gasteiger charge is -2.08. The first-order valence-corrected chi connectivity index (χ1v) is 6.51. The summed E-state index contributed by atoms with van der Waals surface area (Å²) >= 11 is 6.18. The minimum atomic E-state index is -4.47. The Morgan fingerprint density at radius 1 is 1.26 bits per heavy atom. The molecule has 1 aromatic carbocycles. The molecule has 0 aliphatic heterocycles. The quantitative estimate of drug-likeness (QED) is 0.926. The van der Waals surface area contributed by atoms with Crippen LogP contribution in [0.4, 0.5) is 13.2 Å². The Kier molecular flexibility index (Phi) is 4.13. The van der Waals surface area contributed by atoms with Crippen LogP contribution in [0.3, 0.4) is 0 Å². The van der Waals surface area contributed by atoms with Crippen LogP contribution < -0.4 is 0 Å². The van der Waals surface area contributed by atoms with Crippen molar-refractivity contribution in [1.29, 1.82) is 0 Å². The molecule has 0 bridgehead atoms. The maximum Gasteiger partial charge on any atom is 0.443 e. The highest BCUT2D eigenvalue weighted by molar-refractivity contribution is 7.11. The maximum absolute atomic E-state index is 12.4. The third-order valence-electron chi connectivity index (χ3n) is 2.44. The lowest BCUT2D eigenvalue weighted by atomic mass is 10.1. The average Bonchev–Trinajstić information content (AvgIpc) is 2.81. The normalized spacial score (nSPS) is 13.5. The minimum Gasteiger partial charge on any atom is -0.387 e. The Bertz CT molecular complexity index is 553. The zero-order chi connectivity index (χ0) is 14.0. The summed E-state index contributed by atoms with van der Waals surface area (Å²) in [7, 11) is 0. The second kappa shape index (κ2) is 5.48. The number of thiazole rings is 1. The Morgan fingerprint density at radius 3 is 2.42 bits per heavy atom. The van der Waals surface area contributed by atoms with Gasteiger partial charge in [0.05, 0.1) is 11.0 Å². The van der Waals surface area contributed by atoms with Crippen molar-refractivity contribution in [2.75, 3.05) is 0 Å². The van der Waals surface area contributed by atoms with Gasteiger partial charge in [-0.15, -0.1) is 11.3 Å². The van der Waals surface area contributed by atoms with Gasteiger partial charge < -0.3 is 5.11 Å². The fraction of sp³-hybridized carbons (Fsp3) is 0.250. The summed E-state index contributed by atoms with van der Waals surface area (Å²) in [6.07, 6.45) is -4.19. The van der Waals surface area contributed by atoms with Crippen molar-refractivity contribution < 1.29 is 18.3 Å². The molecule has 2 nitrogen and oxygen atoms in total. The number of hydrogen-bond acceptors (Lipinski definition) is 3. The van der Waals surface area contributed by atoms with E-state index in [-0.39, 0.29) is 11.3 Å². The second-order valence-corrected chi connectivity index (χ2v) is 5.41. The topological polar surface area (TPSA) is 33.1 Å². The van der Waals surface area contributed by atoms with Crippen molar-refractivity contribution in [3.05, 3.63) is 50.9 Å². The maximum atomic E-state index is 12.4. The summed E-state index contributed by atoms with van der Waals surface area (Å²) in [4.78, 5) is 3.47. The lowest BCUT2D eigenvalue weighted by molar-refractivity contribution is -0.137. The number of alkyl halides is 3. The van der Waals surface area contributed by atoms with Gasteiger partial charge in [-0.05, 0) is 17.7 Å². The summed E-state index contributed by atoms with van der Waals surface area (Å²) in [6, 6.07) is 6.77. The van der Waals surface area contributed by atoms with Crippen molar-refractivity contribution >= 4 is 22.9 Å². The van der Waals surface area contributed by atoms with Gasteiger partial charge in [0, 0.05) is 17.6 Å².